The van der Waals surface area contributed by atoms with Crippen LogP contribution in [0.25, 0.3) is 6.08 Å². The molecular weight excluding hydrogens is 477 g/mol. The van der Waals surface area contributed by atoms with Crippen molar-refractivity contribution in [2.45, 2.75) is 0 Å². The van der Waals surface area contributed by atoms with Crippen LogP contribution in [-0.2, 0) is 4.79 Å². The van der Waals surface area contributed by atoms with Gasteiger partial charge in [-0.25, -0.2) is 0 Å². The molecule has 3 rings (SSSR count). The number of nitro benzene ring substituents is 1. The smallest absolute Gasteiger partial charge is 0.272 e. The highest BCUT2D eigenvalue weighted by Crippen LogP contribution is 2.23. The van der Waals surface area contributed by atoms with E-state index in [4.69, 9.17) is 34.8 Å². The minimum absolute atomic E-state index is 0.161. The van der Waals surface area contributed by atoms with E-state index in [-0.39, 0.29) is 16.9 Å². The van der Waals surface area contributed by atoms with Crippen LogP contribution in [0, 0.1) is 10.1 Å². The number of non-ortho nitro benzene ring substituents is 1. The fourth-order valence-corrected chi connectivity index (χ4v) is 3.42. The quantitative estimate of drug-likeness (QED) is 0.253. The normalized spacial score (nSPS) is 11.0. The SMILES string of the molecule is O=C(Nc1cc(Cl)cc(Cl)c1)/C(=C/c1cccc([N+](=O)[O-])c1)NC(=O)c1cccc(Cl)c1. The fourth-order valence-electron chi connectivity index (χ4n) is 2.70. The molecule has 32 heavy (non-hydrogen) atoms. The number of amides is 2. The molecule has 2 amide bonds. The van der Waals surface area contributed by atoms with E-state index in [1.54, 1.807) is 18.2 Å². The molecule has 10 heteroatoms. The number of benzene rings is 3. The molecule has 0 bridgehead atoms. The lowest BCUT2D eigenvalue weighted by atomic mass is 10.1. The van der Waals surface area contributed by atoms with Crippen LogP contribution in [0.2, 0.25) is 15.1 Å². The largest absolute Gasteiger partial charge is 0.321 e. The van der Waals surface area contributed by atoms with Gasteiger partial charge < -0.3 is 10.6 Å². The van der Waals surface area contributed by atoms with Crippen molar-refractivity contribution in [2.24, 2.45) is 0 Å². The van der Waals surface area contributed by atoms with Gasteiger partial charge in [0.15, 0.2) is 0 Å². The van der Waals surface area contributed by atoms with E-state index >= 15 is 0 Å². The van der Waals surface area contributed by atoms with Gasteiger partial charge in [0.2, 0.25) is 0 Å². The van der Waals surface area contributed by atoms with E-state index in [1.807, 2.05) is 0 Å². The number of rotatable bonds is 6. The summed E-state index contributed by atoms with van der Waals surface area (Å²) in [5.74, 6) is -1.28. The van der Waals surface area contributed by atoms with Crippen LogP contribution in [-0.4, -0.2) is 16.7 Å². The molecule has 7 nitrogen and oxygen atoms in total. The molecule has 2 N–H and O–H groups in total. The zero-order valence-corrected chi connectivity index (χ0v) is 18.4. The first-order valence-corrected chi connectivity index (χ1v) is 10.1. The van der Waals surface area contributed by atoms with Gasteiger partial charge in [-0.3, -0.25) is 19.7 Å². The summed E-state index contributed by atoms with van der Waals surface area (Å²) < 4.78 is 0. The van der Waals surface area contributed by atoms with Gasteiger partial charge in [-0.2, -0.15) is 0 Å². The van der Waals surface area contributed by atoms with Crippen LogP contribution in [0.15, 0.2) is 72.4 Å². The molecule has 0 aliphatic carbocycles. The van der Waals surface area contributed by atoms with Crippen LogP contribution in [0.5, 0.6) is 0 Å². The number of hydrogen-bond acceptors (Lipinski definition) is 4. The number of nitrogens with one attached hydrogen (secondary N) is 2. The lowest BCUT2D eigenvalue weighted by Crippen LogP contribution is -2.30. The first kappa shape index (κ1) is 23.3. The van der Waals surface area contributed by atoms with Crippen molar-refractivity contribution < 1.29 is 14.5 Å². The Morgan fingerprint density at radius 3 is 2.22 bits per heavy atom. The Morgan fingerprint density at radius 2 is 1.56 bits per heavy atom. The average Bonchev–Trinajstić information content (AvgIpc) is 2.72. The van der Waals surface area contributed by atoms with Crippen LogP contribution in [0.1, 0.15) is 15.9 Å². The molecule has 0 spiro atoms. The third-order valence-corrected chi connectivity index (χ3v) is 4.76. The Balaban J connectivity index is 1.96. The molecule has 0 heterocycles. The Labute approximate surface area is 197 Å². The number of nitrogens with zero attached hydrogens (tertiary/aromatic N) is 1. The number of nitro groups is 1. The summed E-state index contributed by atoms with van der Waals surface area (Å²) in [5.41, 5.74) is 0.531. The Kier molecular flexibility index (Phi) is 7.48. The van der Waals surface area contributed by atoms with E-state index < -0.39 is 16.7 Å². The average molecular weight is 491 g/mol. The summed E-state index contributed by atoms with van der Waals surface area (Å²) in [6.07, 6.45) is 1.32. The van der Waals surface area contributed by atoms with Crippen molar-refractivity contribution in [1.29, 1.82) is 0 Å². The lowest BCUT2D eigenvalue weighted by molar-refractivity contribution is -0.384. The maximum atomic E-state index is 13.0. The van der Waals surface area contributed by atoms with E-state index in [2.05, 4.69) is 10.6 Å². The Morgan fingerprint density at radius 1 is 0.875 bits per heavy atom. The van der Waals surface area contributed by atoms with Crippen LogP contribution >= 0.6 is 34.8 Å². The highest BCUT2D eigenvalue weighted by Gasteiger charge is 2.16. The summed E-state index contributed by atoms with van der Waals surface area (Å²) in [6.45, 7) is 0. The number of hydrogen-bond donors (Lipinski definition) is 2. The zero-order chi connectivity index (χ0) is 23.3. The summed E-state index contributed by atoms with van der Waals surface area (Å²) in [6, 6.07) is 16.2. The first-order chi connectivity index (χ1) is 15.2. The second-order valence-corrected chi connectivity index (χ2v) is 7.80. The Bertz CT molecular complexity index is 1220. The topological polar surface area (TPSA) is 101 Å². The highest BCUT2D eigenvalue weighted by molar-refractivity contribution is 6.35. The van der Waals surface area contributed by atoms with Crippen molar-refractivity contribution in [3.8, 4) is 0 Å². The van der Waals surface area contributed by atoms with Crippen molar-refractivity contribution in [2.75, 3.05) is 5.32 Å². The van der Waals surface area contributed by atoms with Crippen LogP contribution < -0.4 is 10.6 Å². The van der Waals surface area contributed by atoms with Crippen LogP contribution in [0.3, 0.4) is 0 Å². The molecular formula is C22H14Cl3N3O4. The van der Waals surface area contributed by atoms with Gasteiger partial charge in [0.1, 0.15) is 5.70 Å². The molecule has 0 saturated carbocycles. The molecule has 0 atom stereocenters. The van der Waals surface area contributed by atoms with Gasteiger partial charge in [0, 0.05) is 38.5 Å². The van der Waals surface area contributed by atoms with Crippen molar-refractivity contribution >= 4 is 64.1 Å². The summed E-state index contributed by atoms with van der Waals surface area (Å²) in [5, 5.41) is 17.2. The third-order valence-electron chi connectivity index (χ3n) is 4.09. The van der Waals surface area contributed by atoms with Gasteiger partial charge in [-0.05, 0) is 48.0 Å². The van der Waals surface area contributed by atoms with Gasteiger partial charge in [0.05, 0.1) is 4.92 Å². The zero-order valence-electron chi connectivity index (χ0n) is 16.1. The minimum atomic E-state index is -0.690. The Hall–Kier alpha value is -3.39. The monoisotopic (exact) mass is 489 g/mol. The number of halogens is 3. The summed E-state index contributed by atoms with van der Waals surface area (Å²) in [7, 11) is 0. The molecule has 0 aliphatic rings. The molecule has 3 aromatic rings. The van der Waals surface area contributed by atoms with E-state index in [0.717, 1.165) is 0 Å². The number of carbonyl (C=O) groups excluding carboxylic acids is 2. The molecule has 0 radical (unpaired) electrons. The van der Waals surface area contributed by atoms with Crippen LogP contribution in [0.4, 0.5) is 11.4 Å². The molecule has 3 aromatic carbocycles. The predicted octanol–water partition coefficient (Wildman–Crippen LogP) is 5.96. The van der Waals surface area contributed by atoms with Crippen molar-refractivity contribution in [3.63, 3.8) is 0 Å². The van der Waals surface area contributed by atoms with Gasteiger partial charge in [-0.15, -0.1) is 0 Å². The second-order valence-electron chi connectivity index (χ2n) is 6.49. The molecule has 0 aliphatic heterocycles. The molecule has 0 aromatic heterocycles. The maximum Gasteiger partial charge on any atom is 0.272 e. The molecule has 0 fully saturated rings. The third kappa shape index (κ3) is 6.31. The summed E-state index contributed by atoms with van der Waals surface area (Å²) >= 11 is 17.9. The number of anilines is 1. The number of carbonyl (C=O) groups is 2. The fraction of sp³-hybridized carbons (Fsp3) is 0. The lowest BCUT2D eigenvalue weighted by Gasteiger charge is -2.12. The van der Waals surface area contributed by atoms with Gasteiger partial charge in [0.25, 0.3) is 17.5 Å². The van der Waals surface area contributed by atoms with E-state index in [9.17, 15) is 19.7 Å². The van der Waals surface area contributed by atoms with Crippen molar-refractivity contribution in [1.82, 2.24) is 5.32 Å². The maximum absolute atomic E-state index is 13.0. The van der Waals surface area contributed by atoms with E-state index in [1.165, 1.54) is 54.6 Å². The summed E-state index contributed by atoms with van der Waals surface area (Å²) in [4.78, 5) is 36.2. The molecule has 162 valence electrons. The first-order valence-electron chi connectivity index (χ1n) is 9.02. The molecule has 0 saturated heterocycles. The van der Waals surface area contributed by atoms with E-state index in [0.29, 0.717) is 26.3 Å². The standard InChI is InChI=1S/C22H14Cl3N3O4/c23-15-5-2-4-14(9-15)21(29)27-20(8-13-3-1-6-19(7-13)28(31)32)22(30)26-18-11-16(24)10-17(25)12-18/h1-12H,(H,26,30)(H,27,29)/b20-8-. The predicted molar refractivity (Wildman–Crippen MR) is 125 cm³/mol. The van der Waals surface area contributed by atoms with Gasteiger partial charge >= 0.3 is 0 Å². The van der Waals surface area contributed by atoms with Gasteiger partial charge in [-0.1, -0.05) is 53.0 Å². The minimum Gasteiger partial charge on any atom is -0.321 e. The van der Waals surface area contributed by atoms with Crippen molar-refractivity contribution in [3.05, 3.63) is 109 Å². The second kappa shape index (κ2) is 10.3. The highest BCUT2D eigenvalue weighted by atomic mass is 35.5. The molecule has 0 unspecified atom stereocenters.